The summed E-state index contributed by atoms with van der Waals surface area (Å²) >= 11 is 7.30. The molecule has 2 N–H and O–H groups in total. The molecule has 2 fully saturated rings. The monoisotopic (exact) mass is 1080 g/mol. The third-order valence-electron chi connectivity index (χ3n) is 12.1. The number of methoxy groups -OCH3 is 2. The number of benzene rings is 4. The number of anilines is 2. The molecule has 0 unspecified atom stereocenters. The van der Waals surface area contributed by atoms with Gasteiger partial charge in [0.05, 0.1) is 36.4 Å². The lowest BCUT2D eigenvalue weighted by molar-refractivity contribution is -0.142. The van der Waals surface area contributed by atoms with E-state index in [1.165, 1.54) is 76.8 Å². The van der Waals surface area contributed by atoms with E-state index >= 15 is 0 Å². The van der Waals surface area contributed by atoms with E-state index in [9.17, 15) is 18.4 Å². The van der Waals surface area contributed by atoms with Crippen LogP contribution in [0.1, 0.15) is 36.8 Å². The Morgan fingerprint density at radius 1 is 0.614 bits per heavy atom. The summed E-state index contributed by atoms with van der Waals surface area (Å²) in [6.45, 7) is 1.37. The number of fused-ring (bicyclic) bond motifs is 2. The summed E-state index contributed by atoms with van der Waals surface area (Å²) in [5, 5.41) is 15.1. The Morgan fingerprint density at radius 3 is 1.37 bits per heavy atom. The number of hydrogen-bond donors (Lipinski definition) is 2. The maximum atomic E-state index is 13.4. The van der Waals surface area contributed by atoms with Crippen LogP contribution in [0.2, 0.25) is 0 Å². The van der Waals surface area contributed by atoms with E-state index in [1.807, 2.05) is 60.9 Å². The molecule has 0 amide bonds. The molecule has 2 aliphatic carbocycles. The van der Waals surface area contributed by atoms with E-state index in [1.54, 1.807) is 33.3 Å². The lowest BCUT2D eigenvalue weighted by Gasteiger charge is -2.19. The zero-order chi connectivity index (χ0) is 48.7. The number of rotatable bonds is 18. The van der Waals surface area contributed by atoms with Crippen molar-refractivity contribution in [3.63, 3.8) is 0 Å². The van der Waals surface area contributed by atoms with Crippen molar-refractivity contribution in [3.8, 4) is 33.8 Å². The molecular formula is C52H48Br2F2N8O6. The van der Waals surface area contributed by atoms with Gasteiger partial charge in [-0.05, 0) is 128 Å². The van der Waals surface area contributed by atoms with Gasteiger partial charge in [-0.3, -0.25) is 0 Å². The SMILES string of the molecule is COC(=O)[C@@H](Cc1ccccc1OCC1CC1)Nc1ncnn2cc(-c3ccc(F)cc3)c(Br)c12.COC(=O)[C@H](Cc1ccccc1OCC1CC1)Nc1ncnn2cc(-c3ccc(F)cc3)c(Br)c12. The predicted molar refractivity (Wildman–Crippen MR) is 268 cm³/mol. The fourth-order valence-electron chi connectivity index (χ4n) is 7.88. The minimum atomic E-state index is -0.708. The zero-order valence-corrected chi connectivity index (χ0v) is 41.3. The van der Waals surface area contributed by atoms with E-state index < -0.39 is 24.0 Å². The number of nitrogens with one attached hydrogen (secondary N) is 2. The first-order valence-corrected chi connectivity index (χ1v) is 24.3. The molecule has 2 aliphatic rings. The van der Waals surface area contributed by atoms with Crippen molar-refractivity contribution in [1.82, 2.24) is 29.2 Å². The van der Waals surface area contributed by atoms with Crippen LogP contribution < -0.4 is 20.1 Å². The average Bonchev–Trinajstić information content (AvgIpc) is 4.33. The van der Waals surface area contributed by atoms with Gasteiger partial charge in [0.25, 0.3) is 0 Å². The van der Waals surface area contributed by atoms with Gasteiger partial charge in [-0.25, -0.2) is 37.4 Å². The van der Waals surface area contributed by atoms with Crippen molar-refractivity contribution in [1.29, 1.82) is 0 Å². The second kappa shape index (κ2) is 21.8. The van der Waals surface area contributed by atoms with E-state index in [0.717, 1.165) is 53.8 Å². The van der Waals surface area contributed by atoms with E-state index in [0.29, 0.717) is 60.6 Å². The van der Waals surface area contributed by atoms with Crippen LogP contribution in [0.25, 0.3) is 33.3 Å². The first-order valence-electron chi connectivity index (χ1n) is 22.7. The van der Waals surface area contributed by atoms with Crippen LogP contribution >= 0.6 is 31.9 Å². The molecule has 4 heterocycles. The van der Waals surface area contributed by atoms with Gasteiger partial charge >= 0.3 is 11.9 Å². The van der Waals surface area contributed by atoms with Gasteiger partial charge in [0.2, 0.25) is 0 Å². The molecule has 0 saturated heterocycles. The molecule has 8 aromatic rings. The summed E-state index contributed by atoms with van der Waals surface area (Å²) in [6.07, 6.45) is 12.0. The van der Waals surface area contributed by atoms with Crippen LogP contribution in [0.4, 0.5) is 20.4 Å². The number of halogens is 4. The fraction of sp³-hybridized carbons (Fsp3) is 0.269. The Hall–Kier alpha value is -6.92. The summed E-state index contributed by atoms with van der Waals surface area (Å²) in [5.74, 6) is 2.26. The highest BCUT2D eigenvalue weighted by atomic mass is 79.9. The highest BCUT2D eigenvalue weighted by molar-refractivity contribution is 9.11. The molecule has 0 radical (unpaired) electrons. The molecule has 18 heteroatoms. The molecule has 4 aromatic carbocycles. The average molecular weight is 1080 g/mol. The molecule has 4 aromatic heterocycles. The topological polar surface area (TPSA) is 156 Å². The molecule has 0 bridgehead atoms. The lowest BCUT2D eigenvalue weighted by Crippen LogP contribution is -2.33. The highest BCUT2D eigenvalue weighted by Gasteiger charge is 2.28. The lowest BCUT2D eigenvalue weighted by atomic mass is 10.0. The van der Waals surface area contributed by atoms with Gasteiger partial charge in [-0.2, -0.15) is 10.2 Å². The minimum Gasteiger partial charge on any atom is -0.493 e. The van der Waals surface area contributed by atoms with Crippen molar-refractivity contribution in [2.24, 2.45) is 11.8 Å². The van der Waals surface area contributed by atoms with E-state index in [-0.39, 0.29) is 11.6 Å². The number of aromatic nitrogens is 6. The third-order valence-corrected chi connectivity index (χ3v) is 13.7. The Kier molecular flexibility index (Phi) is 15.0. The first kappa shape index (κ1) is 48.1. The molecule has 10 rings (SSSR count). The quantitative estimate of drug-likeness (QED) is 0.0786. The van der Waals surface area contributed by atoms with Crippen LogP contribution in [-0.4, -0.2) is 80.7 Å². The van der Waals surface area contributed by atoms with Gasteiger partial charge < -0.3 is 29.6 Å². The second-order valence-electron chi connectivity index (χ2n) is 17.1. The van der Waals surface area contributed by atoms with E-state index in [4.69, 9.17) is 18.9 Å². The standard InChI is InChI=1S/2C26H24BrFN4O3/c2*1-34-26(33)21(12-18-4-2-3-5-22(18)35-14-16-6-7-16)31-25-24-23(27)20(13-32(24)30-15-29-25)17-8-10-19(28)11-9-17/h2*2-5,8-11,13,15-16,21H,6-7,12,14H2,1H3,(H,29,30,31)/t2*21-/m10/s1. The van der Waals surface area contributed by atoms with Crippen molar-refractivity contribution >= 4 is 66.5 Å². The summed E-state index contributed by atoms with van der Waals surface area (Å²) in [5.41, 5.74) is 6.40. The minimum absolute atomic E-state index is 0.307. The second-order valence-corrected chi connectivity index (χ2v) is 18.7. The number of esters is 2. The van der Waals surface area contributed by atoms with Gasteiger partial charge in [0, 0.05) is 36.4 Å². The van der Waals surface area contributed by atoms with Crippen molar-refractivity contribution in [3.05, 3.63) is 154 Å². The number of carbonyl (C=O) groups is 2. The normalized spacial score (nSPS) is 14.0. The Labute approximate surface area is 419 Å². The van der Waals surface area contributed by atoms with Crippen LogP contribution in [-0.2, 0) is 31.9 Å². The smallest absolute Gasteiger partial charge is 0.328 e. The van der Waals surface area contributed by atoms with Gasteiger partial charge in [-0.15, -0.1) is 0 Å². The molecule has 70 heavy (non-hydrogen) atoms. The summed E-state index contributed by atoms with van der Waals surface area (Å²) in [7, 11) is 2.73. The zero-order valence-electron chi connectivity index (χ0n) is 38.2. The van der Waals surface area contributed by atoms with Crippen molar-refractivity contribution < 1.29 is 37.3 Å². The number of hydrogen-bond acceptors (Lipinski definition) is 12. The summed E-state index contributed by atoms with van der Waals surface area (Å²) in [6, 6.07) is 26.5. The molecule has 0 spiro atoms. The summed E-state index contributed by atoms with van der Waals surface area (Å²) in [4.78, 5) is 34.3. The Balaban J connectivity index is 0.000000174. The molecule has 360 valence electrons. The largest absolute Gasteiger partial charge is 0.493 e. The van der Waals surface area contributed by atoms with Crippen LogP contribution in [0.3, 0.4) is 0 Å². The van der Waals surface area contributed by atoms with Gasteiger partial charge in [-0.1, -0.05) is 60.7 Å². The number of carbonyl (C=O) groups excluding carboxylic acids is 2. The predicted octanol–water partition coefficient (Wildman–Crippen LogP) is 10.6. The van der Waals surface area contributed by atoms with Gasteiger partial charge in [0.1, 0.15) is 58.9 Å². The molecule has 2 atom stereocenters. The van der Waals surface area contributed by atoms with Crippen molar-refractivity contribution in [2.75, 3.05) is 38.1 Å². The number of para-hydroxylation sites is 2. The first-order chi connectivity index (χ1) is 34.1. The van der Waals surface area contributed by atoms with Crippen LogP contribution in [0, 0.1) is 23.5 Å². The van der Waals surface area contributed by atoms with E-state index in [2.05, 4.69) is 62.7 Å². The number of nitrogens with zero attached hydrogens (tertiary/aromatic N) is 6. The molecular weight excluding hydrogens is 1030 g/mol. The van der Waals surface area contributed by atoms with Gasteiger partial charge in [0.15, 0.2) is 11.6 Å². The van der Waals surface area contributed by atoms with Crippen LogP contribution in [0.5, 0.6) is 11.5 Å². The third kappa shape index (κ3) is 11.4. The molecule has 14 nitrogen and oxygen atoms in total. The van der Waals surface area contributed by atoms with Crippen LogP contribution in [0.15, 0.2) is 131 Å². The Morgan fingerprint density at radius 2 is 1.00 bits per heavy atom. The fourth-order valence-corrected chi connectivity index (χ4v) is 9.28. The highest BCUT2D eigenvalue weighted by Crippen LogP contribution is 2.38. The Bertz CT molecular complexity index is 2920. The van der Waals surface area contributed by atoms with Crippen molar-refractivity contribution in [2.45, 2.75) is 50.6 Å². The maximum absolute atomic E-state index is 13.4. The maximum Gasteiger partial charge on any atom is 0.328 e. The summed E-state index contributed by atoms with van der Waals surface area (Å²) < 4.78 is 53.9. The molecule has 0 aliphatic heterocycles. The molecule has 2 saturated carbocycles. The number of ether oxygens (including phenoxy) is 4.